The fourth-order valence-corrected chi connectivity index (χ4v) is 4.38. The molecule has 110 valence electrons. The Bertz CT molecular complexity index is 822. The Hall–Kier alpha value is -1.75. The van der Waals surface area contributed by atoms with E-state index >= 15 is 0 Å². The van der Waals surface area contributed by atoms with Crippen LogP contribution in [0.15, 0.2) is 29.2 Å². The molecule has 0 fully saturated rings. The first-order valence-electron chi connectivity index (χ1n) is 5.84. The van der Waals surface area contributed by atoms with E-state index in [9.17, 15) is 8.42 Å². The summed E-state index contributed by atoms with van der Waals surface area (Å²) in [6, 6.07) is 9.13. The molecule has 0 amide bonds. The predicted octanol–water partition coefficient (Wildman–Crippen LogP) is 2.87. The second-order valence-corrected chi connectivity index (χ2v) is 7.71. The second kappa shape index (κ2) is 5.93. The number of nitrogens with two attached hydrogens (primary N) is 1. The van der Waals surface area contributed by atoms with Gasteiger partial charge in [0.05, 0.1) is 5.69 Å². The average Bonchev–Trinajstić information content (AvgIpc) is 2.74. The van der Waals surface area contributed by atoms with Crippen LogP contribution in [0.2, 0.25) is 5.02 Å². The van der Waals surface area contributed by atoms with Crippen molar-refractivity contribution in [2.24, 2.45) is 0 Å². The molecule has 0 atom stereocenters. The van der Waals surface area contributed by atoms with Crippen LogP contribution in [-0.4, -0.2) is 14.7 Å². The maximum atomic E-state index is 11.8. The van der Waals surface area contributed by atoms with Crippen LogP contribution >= 0.6 is 22.9 Å². The second-order valence-electron chi connectivity index (χ2n) is 4.33. The number of nitrogens with one attached hydrogen (secondary N) is 1. The fourth-order valence-electron chi connectivity index (χ4n) is 1.81. The number of nitriles is 1. The van der Waals surface area contributed by atoms with E-state index in [2.05, 4.69) is 5.32 Å². The third-order valence-corrected chi connectivity index (χ3v) is 5.50. The van der Waals surface area contributed by atoms with Crippen LogP contribution in [0.3, 0.4) is 0 Å². The van der Waals surface area contributed by atoms with E-state index in [1.54, 1.807) is 6.07 Å². The third kappa shape index (κ3) is 3.29. The minimum atomic E-state index is -3.53. The summed E-state index contributed by atoms with van der Waals surface area (Å²) in [7, 11) is -3.53. The largest absolute Gasteiger partial charge is 0.396 e. The van der Waals surface area contributed by atoms with E-state index in [1.807, 2.05) is 24.3 Å². The van der Waals surface area contributed by atoms with Crippen molar-refractivity contribution in [3.63, 3.8) is 0 Å². The first-order valence-corrected chi connectivity index (χ1v) is 8.93. The lowest BCUT2D eigenvalue weighted by Gasteiger charge is -2.08. The van der Waals surface area contributed by atoms with Crippen molar-refractivity contribution in [1.29, 1.82) is 5.26 Å². The van der Waals surface area contributed by atoms with E-state index in [4.69, 9.17) is 22.6 Å². The van der Waals surface area contributed by atoms with Gasteiger partial charge in [0.15, 0.2) is 9.84 Å². The van der Waals surface area contributed by atoms with Crippen LogP contribution < -0.4 is 11.1 Å². The topological polar surface area (TPSA) is 96.0 Å². The van der Waals surface area contributed by atoms with E-state index in [1.165, 1.54) is 0 Å². The van der Waals surface area contributed by atoms with Gasteiger partial charge in [0.25, 0.3) is 0 Å². The van der Waals surface area contributed by atoms with Gasteiger partial charge in [0.1, 0.15) is 20.8 Å². The average molecular weight is 342 g/mol. The number of benzene rings is 1. The first-order chi connectivity index (χ1) is 9.84. The molecule has 1 aromatic heterocycles. The monoisotopic (exact) mass is 341 g/mol. The normalized spacial score (nSPS) is 11.1. The van der Waals surface area contributed by atoms with Gasteiger partial charge < -0.3 is 11.1 Å². The van der Waals surface area contributed by atoms with E-state index in [0.717, 1.165) is 23.2 Å². The molecule has 2 rings (SSSR count). The molecule has 2 aromatic rings. The van der Waals surface area contributed by atoms with Crippen molar-refractivity contribution in [3.05, 3.63) is 39.7 Å². The van der Waals surface area contributed by atoms with Crippen LogP contribution in [-0.2, 0) is 16.4 Å². The van der Waals surface area contributed by atoms with Crippen molar-refractivity contribution in [1.82, 2.24) is 0 Å². The lowest BCUT2D eigenvalue weighted by atomic mass is 10.2. The zero-order valence-corrected chi connectivity index (χ0v) is 13.4. The minimum Gasteiger partial charge on any atom is -0.396 e. The van der Waals surface area contributed by atoms with Crippen LogP contribution in [0.5, 0.6) is 0 Å². The molecule has 0 aliphatic heterocycles. The Labute approximate surface area is 131 Å². The van der Waals surface area contributed by atoms with Crippen molar-refractivity contribution < 1.29 is 8.42 Å². The number of halogens is 1. The Morgan fingerprint density at radius 2 is 2.10 bits per heavy atom. The lowest BCUT2D eigenvalue weighted by molar-refractivity contribution is 0.603. The molecule has 0 aliphatic rings. The van der Waals surface area contributed by atoms with E-state index in [-0.39, 0.29) is 15.5 Å². The lowest BCUT2D eigenvalue weighted by Crippen LogP contribution is -2.06. The number of rotatable bonds is 4. The number of nitrogens with zero attached hydrogens (tertiary/aromatic N) is 1. The summed E-state index contributed by atoms with van der Waals surface area (Å²) < 4.78 is 23.7. The van der Waals surface area contributed by atoms with Crippen LogP contribution in [0, 0.1) is 11.3 Å². The molecule has 0 radical (unpaired) electrons. The smallest absolute Gasteiger partial charge is 0.180 e. The molecular formula is C13H12ClN3O2S2. The van der Waals surface area contributed by atoms with Gasteiger partial charge in [-0.2, -0.15) is 5.26 Å². The van der Waals surface area contributed by atoms with Gasteiger partial charge in [0.2, 0.25) is 0 Å². The summed E-state index contributed by atoms with van der Waals surface area (Å²) in [4.78, 5) is 0.146. The predicted molar refractivity (Wildman–Crippen MR) is 85.3 cm³/mol. The molecule has 0 aliphatic carbocycles. The highest BCUT2D eigenvalue weighted by Crippen LogP contribution is 2.39. The van der Waals surface area contributed by atoms with Crippen LogP contribution in [0.1, 0.15) is 10.4 Å². The van der Waals surface area contributed by atoms with Crippen LogP contribution in [0.25, 0.3) is 0 Å². The Morgan fingerprint density at radius 1 is 1.43 bits per heavy atom. The molecule has 3 N–H and O–H groups in total. The van der Waals surface area contributed by atoms with Gasteiger partial charge in [-0.3, -0.25) is 0 Å². The van der Waals surface area contributed by atoms with Gasteiger partial charge in [-0.05, 0) is 11.6 Å². The molecule has 8 heteroatoms. The van der Waals surface area contributed by atoms with Gasteiger partial charge >= 0.3 is 0 Å². The molecule has 1 aromatic carbocycles. The third-order valence-electron chi connectivity index (χ3n) is 2.77. The number of hydrogen-bond acceptors (Lipinski definition) is 6. The molecule has 0 saturated heterocycles. The van der Waals surface area contributed by atoms with Gasteiger partial charge in [0, 0.05) is 17.8 Å². The number of thiophene rings is 1. The van der Waals surface area contributed by atoms with Crippen molar-refractivity contribution in [3.8, 4) is 6.07 Å². The molecule has 1 heterocycles. The summed E-state index contributed by atoms with van der Waals surface area (Å²) in [6.45, 7) is 0.340. The highest BCUT2D eigenvalue weighted by atomic mass is 35.5. The van der Waals surface area contributed by atoms with Crippen LogP contribution in [0.4, 0.5) is 10.7 Å². The molecular weight excluding hydrogens is 330 g/mol. The molecule has 0 saturated carbocycles. The van der Waals surface area contributed by atoms with Crippen molar-refractivity contribution in [2.45, 2.75) is 11.4 Å². The molecule has 5 nitrogen and oxygen atoms in total. The molecule has 21 heavy (non-hydrogen) atoms. The molecule has 0 spiro atoms. The van der Waals surface area contributed by atoms with Crippen molar-refractivity contribution >= 4 is 43.5 Å². The maximum Gasteiger partial charge on any atom is 0.180 e. The number of nitrogen functional groups attached to an aromatic ring is 1. The van der Waals surface area contributed by atoms with Gasteiger partial charge in [-0.15, -0.1) is 11.3 Å². The summed E-state index contributed by atoms with van der Waals surface area (Å²) >= 11 is 7.07. The fraction of sp³-hybridized carbons (Fsp3) is 0.154. The van der Waals surface area contributed by atoms with E-state index < -0.39 is 9.84 Å². The van der Waals surface area contributed by atoms with E-state index in [0.29, 0.717) is 16.6 Å². The standard InChI is InChI=1S/C13H12ClN3O2S2/c1-21(18,19)12-11(16)10(6-15)20-13(12)17-7-8-4-2-3-5-9(8)14/h2-5,17H,7,16H2,1H3. The number of sulfone groups is 1. The summed E-state index contributed by atoms with van der Waals surface area (Å²) in [5.41, 5.74) is 6.56. The SMILES string of the molecule is CS(=O)(=O)c1c(NCc2ccccc2Cl)sc(C#N)c1N. The molecule has 0 unspecified atom stereocenters. The Kier molecular flexibility index (Phi) is 4.42. The quantitative estimate of drug-likeness (QED) is 0.891. The zero-order valence-electron chi connectivity index (χ0n) is 11.1. The number of hydrogen-bond donors (Lipinski definition) is 2. The Morgan fingerprint density at radius 3 is 2.67 bits per heavy atom. The highest BCUT2D eigenvalue weighted by Gasteiger charge is 2.23. The summed E-state index contributed by atoms with van der Waals surface area (Å²) in [5.74, 6) is 0. The first kappa shape index (κ1) is 15.6. The minimum absolute atomic E-state index is 0.00772. The Balaban J connectivity index is 2.37. The maximum absolute atomic E-state index is 11.8. The summed E-state index contributed by atoms with van der Waals surface area (Å²) in [5, 5.41) is 12.9. The molecule has 0 bridgehead atoms. The zero-order chi connectivity index (χ0) is 15.6. The number of anilines is 2. The van der Waals surface area contributed by atoms with Gasteiger partial charge in [-0.25, -0.2) is 8.42 Å². The van der Waals surface area contributed by atoms with Crippen molar-refractivity contribution in [2.75, 3.05) is 17.3 Å². The van der Waals surface area contributed by atoms with Gasteiger partial charge in [-0.1, -0.05) is 29.8 Å². The highest BCUT2D eigenvalue weighted by molar-refractivity contribution is 7.91. The summed E-state index contributed by atoms with van der Waals surface area (Å²) in [6.07, 6.45) is 1.06.